The Morgan fingerprint density at radius 1 is 1.06 bits per heavy atom. The summed E-state index contributed by atoms with van der Waals surface area (Å²) >= 11 is 0. The van der Waals surface area contributed by atoms with Gasteiger partial charge in [0.1, 0.15) is 0 Å². The zero-order valence-electron chi connectivity index (χ0n) is 19.5. The van der Waals surface area contributed by atoms with Crippen LogP contribution in [0.5, 0.6) is 0 Å². The second-order valence-electron chi connectivity index (χ2n) is 9.12. The minimum atomic E-state index is -0.899. The van der Waals surface area contributed by atoms with Crippen LogP contribution in [0.15, 0.2) is 48.5 Å². The van der Waals surface area contributed by atoms with Gasteiger partial charge in [0.2, 0.25) is 11.7 Å². The molecule has 34 heavy (non-hydrogen) atoms. The topological polar surface area (TPSA) is 112 Å². The van der Waals surface area contributed by atoms with Gasteiger partial charge in [-0.25, -0.2) is 0 Å². The van der Waals surface area contributed by atoms with E-state index in [9.17, 15) is 14.7 Å². The second-order valence-corrected chi connectivity index (χ2v) is 9.12. The van der Waals surface area contributed by atoms with Crippen molar-refractivity contribution < 1.29 is 14.7 Å². The number of hydrogen-bond acceptors (Lipinski definition) is 5. The number of benzene rings is 2. The van der Waals surface area contributed by atoms with Crippen LogP contribution in [-0.4, -0.2) is 49.1 Å². The first-order valence-electron chi connectivity index (χ1n) is 12.0. The lowest BCUT2D eigenvalue weighted by Gasteiger charge is -2.29. The molecule has 1 fully saturated rings. The van der Waals surface area contributed by atoms with Crippen LogP contribution in [-0.2, 0) is 16.1 Å². The molecule has 1 heterocycles. The van der Waals surface area contributed by atoms with Crippen molar-refractivity contribution in [3.05, 3.63) is 54.1 Å². The number of carboxylic acid groups (broad SMARTS) is 1. The third kappa shape index (κ3) is 5.16. The SMILES string of the molecule is CCCCN(Cc1ccc(-c2ccccc2-c2nn[nH]n2)cc1)C(=O)CC1(C(=O)O)CCCC1. The molecule has 2 N–H and O–H groups in total. The summed E-state index contributed by atoms with van der Waals surface area (Å²) in [6.45, 7) is 3.20. The van der Waals surface area contributed by atoms with Crippen molar-refractivity contribution in [3.8, 4) is 22.5 Å². The first-order valence-corrected chi connectivity index (χ1v) is 12.0. The Bertz CT molecular complexity index is 1110. The number of carbonyl (C=O) groups excluding carboxylic acids is 1. The summed E-state index contributed by atoms with van der Waals surface area (Å²) in [7, 11) is 0. The lowest BCUT2D eigenvalue weighted by atomic mass is 9.82. The molecule has 1 aliphatic rings. The van der Waals surface area contributed by atoms with E-state index in [-0.39, 0.29) is 12.3 Å². The lowest BCUT2D eigenvalue weighted by molar-refractivity contribution is -0.153. The van der Waals surface area contributed by atoms with Gasteiger partial charge in [0.25, 0.3) is 0 Å². The monoisotopic (exact) mass is 461 g/mol. The molecule has 4 rings (SSSR count). The smallest absolute Gasteiger partial charge is 0.310 e. The van der Waals surface area contributed by atoms with E-state index in [2.05, 4.69) is 27.5 Å². The first kappa shape index (κ1) is 23.6. The quantitative estimate of drug-likeness (QED) is 0.453. The fourth-order valence-electron chi connectivity index (χ4n) is 4.78. The van der Waals surface area contributed by atoms with E-state index in [0.29, 0.717) is 31.8 Å². The van der Waals surface area contributed by atoms with E-state index in [1.54, 1.807) is 0 Å². The van der Waals surface area contributed by atoms with E-state index < -0.39 is 11.4 Å². The number of hydrogen-bond donors (Lipinski definition) is 2. The Balaban J connectivity index is 1.51. The van der Waals surface area contributed by atoms with Crippen molar-refractivity contribution >= 4 is 11.9 Å². The predicted molar refractivity (Wildman–Crippen MR) is 129 cm³/mol. The minimum Gasteiger partial charge on any atom is -0.481 e. The normalized spacial score (nSPS) is 14.7. The number of nitrogens with one attached hydrogen (secondary N) is 1. The molecular formula is C26H31N5O3. The molecule has 1 aromatic heterocycles. The Morgan fingerprint density at radius 3 is 2.38 bits per heavy atom. The zero-order valence-corrected chi connectivity index (χ0v) is 19.5. The number of unbranched alkanes of at least 4 members (excludes halogenated alkanes) is 1. The lowest BCUT2D eigenvalue weighted by Crippen LogP contribution is -2.38. The zero-order chi connectivity index (χ0) is 24.0. The largest absolute Gasteiger partial charge is 0.481 e. The average molecular weight is 462 g/mol. The maximum absolute atomic E-state index is 13.2. The van der Waals surface area contributed by atoms with Crippen molar-refractivity contribution in [2.24, 2.45) is 5.41 Å². The number of carbonyl (C=O) groups is 2. The van der Waals surface area contributed by atoms with Crippen molar-refractivity contribution in [1.82, 2.24) is 25.5 Å². The average Bonchev–Trinajstić information content (AvgIpc) is 3.55. The van der Waals surface area contributed by atoms with Gasteiger partial charge in [-0.2, -0.15) is 5.21 Å². The fraction of sp³-hybridized carbons (Fsp3) is 0.423. The number of H-pyrrole nitrogens is 1. The molecule has 2 aromatic carbocycles. The molecule has 0 saturated heterocycles. The van der Waals surface area contributed by atoms with Gasteiger partial charge in [0.05, 0.1) is 5.41 Å². The number of aromatic amines is 1. The van der Waals surface area contributed by atoms with Crippen molar-refractivity contribution in [3.63, 3.8) is 0 Å². The van der Waals surface area contributed by atoms with Gasteiger partial charge < -0.3 is 10.0 Å². The highest BCUT2D eigenvalue weighted by atomic mass is 16.4. The summed E-state index contributed by atoms with van der Waals surface area (Å²) in [5, 5.41) is 24.2. The van der Waals surface area contributed by atoms with Gasteiger partial charge in [-0.05, 0) is 41.2 Å². The highest BCUT2D eigenvalue weighted by Gasteiger charge is 2.43. The Kier molecular flexibility index (Phi) is 7.35. The molecule has 0 atom stereocenters. The van der Waals surface area contributed by atoms with Crippen molar-refractivity contribution in [2.45, 2.75) is 58.4 Å². The molecule has 0 spiro atoms. The molecule has 1 aliphatic carbocycles. The van der Waals surface area contributed by atoms with E-state index in [1.807, 2.05) is 53.4 Å². The molecule has 0 unspecified atom stereocenters. The number of rotatable bonds is 10. The Hall–Kier alpha value is -3.55. The van der Waals surface area contributed by atoms with Gasteiger partial charge in [0, 0.05) is 25.1 Å². The maximum atomic E-state index is 13.2. The summed E-state index contributed by atoms with van der Waals surface area (Å²) in [5.74, 6) is -0.363. The molecule has 8 nitrogen and oxygen atoms in total. The minimum absolute atomic E-state index is 0.0655. The summed E-state index contributed by atoms with van der Waals surface area (Å²) < 4.78 is 0. The van der Waals surface area contributed by atoms with Crippen LogP contribution >= 0.6 is 0 Å². The van der Waals surface area contributed by atoms with Crippen LogP contribution < -0.4 is 0 Å². The van der Waals surface area contributed by atoms with E-state index >= 15 is 0 Å². The molecule has 0 aliphatic heterocycles. The summed E-state index contributed by atoms with van der Waals surface area (Å²) in [6.07, 6.45) is 4.88. The highest BCUT2D eigenvalue weighted by Crippen LogP contribution is 2.42. The number of nitrogens with zero attached hydrogens (tertiary/aromatic N) is 4. The molecule has 8 heteroatoms. The van der Waals surface area contributed by atoms with Gasteiger partial charge in [-0.1, -0.05) is 74.7 Å². The van der Waals surface area contributed by atoms with E-state index in [4.69, 9.17) is 0 Å². The van der Waals surface area contributed by atoms with Crippen LogP contribution in [0, 0.1) is 5.41 Å². The number of aromatic nitrogens is 4. The molecule has 1 saturated carbocycles. The highest BCUT2D eigenvalue weighted by molar-refractivity contribution is 5.85. The summed E-state index contributed by atoms with van der Waals surface area (Å²) in [6, 6.07) is 16.0. The van der Waals surface area contributed by atoms with Crippen LogP contribution in [0.25, 0.3) is 22.5 Å². The number of tetrazole rings is 1. The summed E-state index contributed by atoms with van der Waals surface area (Å²) in [4.78, 5) is 27.0. The van der Waals surface area contributed by atoms with E-state index in [1.165, 1.54) is 0 Å². The number of aliphatic carboxylic acids is 1. The molecule has 0 radical (unpaired) electrons. The maximum Gasteiger partial charge on any atom is 0.310 e. The van der Waals surface area contributed by atoms with Gasteiger partial charge in [0.15, 0.2) is 0 Å². The third-order valence-corrected chi connectivity index (χ3v) is 6.79. The Morgan fingerprint density at radius 2 is 1.76 bits per heavy atom. The van der Waals surface area contributed by atoms with Crippen LogP contribution in [0.2, 0.25) is 0 Å². The predicted octanol–water partition coefficient (Wildman–Crippen LogP) is 4.70. The molecule has 3 aromatic rings. The number of carboxylic acids is 1. The molecule has 1 amide bonds. The van der Waals surface area contributed by atoms with Crippen LogP contribution in [0.1, 0.15) is 57.4 Å². The third-order valence-electron chi connectivity index (χ3n) is 6.79. The second kappa shape index (κ2) is 10.6. The van der Waals surface area contributed by atoms with E-state index in [0.717, 1.165) is 47.9 Å². The molecular weight excluding hydrogens is 430 g/mol. The first-order chi connectivity index (χ1) is 16.5. The van der Waals surface area contributed by atoms with Gasteiger partial charge in [-0.3, -0.25) is 9.59 Å². The van der Waals surface area contributed by atoms with Gasteiger partial charge >= 0.3 is 5.97 Å². The van der Waals surface area contributed by atoms with Crippen molar-refractivity contribution in [1.29, 1.82) is 0 Å². The molecule has 0 bridgehead atoms. The van der Waals surface area contributed by atoms with Crippen LogP contribution in [0.4, 0.5) is 0 Å². The standard InChI is InChI=1S/C26H31N5O3/c1-2-3-16-31(23(32)17-26(25(33)34)14-6-7-15-26)18-19-10-12-20(13-11-19)21-8-4-5-9-22(21)24-27-29-30-28-24/h4-5,8-13H,2-3,6-7,14-18H2,1H3,(H,33,34)(H,27,28,29,30). The number of amides is 1. The Labute approximate surface area is 199 Å². The van der Waals surface area contributed by atoms with Gasteiger partial charge in [-0.15, -0.1) is 10.2 Å². The molecule has 178 valence electrons. The fourth-order valence-corrected chi connectivity index (χ4v) is 4.78. The summed E-state index contributed by atoms with van der Waals surface area (Å²) in [5.41, 5.74) is 3.02. The van der Waals surface area contributed by atoms with Crippen LogP contribution in [0.3, 0.4) is 0 Å². The van der Waals surface area contributed by atoms with Crippen molar-refractivity contribution in [2.75, 3.05) is 6.54 Å².